The molecule has 6 heteroatoms. The predicted molar refractivity (Wildman–Crippen MR) is 283 cm³/mol. The predicted octanol–water partition coefficient (Wildman–Crippen LogP) is 17.9. The third-order valence-corrected chi connectivity index (χ3v) is 13.6. The average molecular weight is 917 g/mol. The first-order chi connectivity index (χ1) is 32.0. The van der Waals surface area contributed by atoms with Crippen LogP contribution in [0.1, 0.15) is 316 Å². The van der Waals surface area contributed by atoms with Crippen LogP contribution in [0.4, 0.5) is 0 Å². The van der Waals surface area contributed by atoms with Gasteiger partial charge in [-0.15, -0.1) is 0 Å². The Labute approximate surface area is 405 Å². The van der Waals surface area contributed by atoms with Gasteiger partial charge in [0.2, 0.25) is 5.91 Å². The molecule has 0 heterocycles. The first-order valence-electron chi connectivity index (χ1n) is 29.1. The third kappa shape index (κ3) is 48.6. The summed E-state index contributed by atoms with van der Waals surface area (Å²) in [4.78, 5) is 26.3. The van der Waals surface area contributed by atoms with E-state index in [9.17, 15) is 19.8 Å². The lowest BCUT2D eigenvalue weighted by Gasteiger charge is -2.24. The summed E-state index contributed by atoms with van der Waals surface area (Å²) >= 11 is 0. The highest BCUT2D eigenvalue weighted by Crippen LogP contribution is 2.19. The Hall–Kier alpha value is -1.66. The fraction of sp³-hybridized carbons (Fsp3) is 0.898. The topological polar surface area (TPSA) is 95.9 Å². The molecule has 0 radical (unpaired) electrons. The number of unbranched alkanes of at least 4 members (excludes halogenated alkanes) is 38. The van der Waals surface area contributed by atoms with Crippen molar-refractivity contribution >= 4 is 11.9 Å². The zero-order chi connectivity index (χ0) is 47.4. The largest absolute Gasteiger partial charge is 0.462 e. The molecule has 0 aliphatic heterocycles. The van der Waals surface area contributed by atoms with Gasteiger partial charge in [-0.25, -0.2) is 0 Å². The molecule has 0 aliphatic rings. The highest BCUT2D eigenvalue weighted by molar-refractivity contribution is 5.77. The molecule has 384 valence electrons. The molecule has 0 aromatic carbocycles. The van der Waals surface area contributed by atoms with Crippen LogP contribution in [0.25, 0.3) is 0 Å². The third-order valence-electron chi connectivity index (χ3n) is 13.6. The van der Waals surface area contributed by atoms with Crippen molar-refractivity contribution in [1.29, 1.82) is 0 Å². The maximum Gasteiger partial charge on any atom is 0.306 e. The van der Waals surface area contributed by atoms with Gasteiger partial charge in [0.25, 0.3) is 0 Å². The minimum absolute atomic E-state index is 0.0790. The number of rotatable bonds is 53. The lowest BCUT2D eigenvalue weighted by molar-refractivity contribution is -0.151. The molecule has 0 saturated carbocycles. The fourth-order valence-corrected chi connectivity index (χ4v) is 9.13. The van der Waals surface area contributed by atoms with Crippen molar-refractivity contribution in [1.82, 2.24) is 5.32 Å². The molecule has 0 rings (SSSR count). The Kier molecular flexibility index (Phi) is 51.9. The summed E-state index contributed by atoms with van der Waals surface area (Å²) in [5.41, 5.74) is 0. The van der Waals surface area contributed by atoms with E-state index in [1.54, 1.807) is 0 Å². The van der Waals surface area contributed by atoms with E-state index < -0.39 is 18.2 Å². The Morgan fingerprint density at radius 3 is 1.17 bits per heavy atom. The number of aliphatic hydroxyl groups is 2. The Morgan fingerprint density at radius 1 is 0.446 bits per heavy atom. The molecule has 6 nitrogen and oxygen atoms in total. The van der Waals surface area contributed by atoms with Crippen LogP contribution in [0.15, 0.2) is 24.3 Å². The number of hydrogen-bond acceptors (Lipinski definition) is 5. The van der Waals surface area contributed by atoms with Gasteiger partial charge in [-0.3, -0.25) is 9.59 Å². The van der Waals surface area contributed by atoms with Crippen LogP contribution in [0.2, 0.25) is 0 Å². The Balaban J connectivity index is 4.50. The normalized spacial score (nSPS) is 13.2. The van der Waals surface area contributed by atoms with E-state index in [4.69, 9.17) is 4.74 Å². The number of amides is 1. The zero-order valence-corrected chi connectivity index (χ0v) is 43.9. The van der Waals surface area contributed by atoms with Gasteiger partial charge in [-0.2, -0.15) is 0 Å². The number of aliphatic hydroxyl groups excluding tert-OH is 2. The van der Waals surface area contributed by atoms with Gasteiger partial charge in [-0.05, 0) is 51.4 Å². The molecule has 3 atom stereocenters. The molecule has 1 amide bonds. The summed E-state index contributed by atoms with van der Waals surface area (Å²) in [6, 6.07) is -0.700. The van der Waals surface area contributed by atoms with Crippen molar-refractivity contribution in [2.24, 2.45) is 0 Å². The van der Waals surface area contributed by atoms with Crippen LogP contribution in [0.5, 0.6) is 0 Å². The minimum Gasteiger partial charge on any atom is -0.462 e. The maximum absolute atomic E-state index is 13.3. The molecule has 0 fully saturated rings. The molecule has 0 saturated heterocycles. The first kappa shape index (κ1) is 63.3. The van der Waals surface area contributed by atoms with Crippen molar-refractivity contribution in [2.75, 3.05) is 6.61 Å². The first-order valence-corrected chi connectivity index (χ1v) is 29.1. The molecule has 0 aliphatic carbocycles. The molecule has 65 heavy (non-hydrogen) atoms. The van der Waals surface area contributed by atoms with Gasteiger partial charge in [0.05, 0.1) is 25.2 Å². The zero-order valence-electron chi connectivity index (χ0n) is 43.9. The summed E-state index contributed by atoms with van der Waals surface area (Å²) in [6.45, 7) is 6.50. The second-order valence-corrected chi connectivity index (χ2v) is 20.1. The van der Waals surface area contributed by atoms with Crippen molar-refractivity contribution < 1.29 is 24.5 Å². The monoisotopic (exact) mass is 916 g/mol. The number of ether oxygens (including phenoxy) is 1. The molecule has 0 aromatic rings. The lowest BCUT2D eigenvalue weighted by Crippen LogP contribution is -2.46. The van der Waals surface area contributed by atoms with E-state index in [0.717, 1.165) is 51.4 Å². The van der Waals surface area contributed by atoms with Gasteiger partial charge in [0.1, 0.15) is 6.10 Å². The summed E-state index contributed by atoms with van der Waals surface area (Å²) in [5, 5.41) is 23.9. The number of esters is 1. The van der Waals surface area contributed by atoms with Gasteiger partial charge in [0, 0.05) is 6.42 Å². The summed E-state index contributed by atoms with van der Waals surface area (Å²) in [7, 11) is 0. The van der Waals surface area contributed by atoms with E-state index in [-0.39, 0.29) is 24.9 Å². The molecule has 0 bridgehead atoms. The van der Waals surface area contributed by atoms with E-state index in [0.29, 0.717) is 19.3 Å². The number of allylic oxidation sites excluding steroid dienone is 4. The summed E-state index contributed by atoms with van der Waals surface area (Å²) in [5.74, 6) is -0.467. The Morgan fingerprint density at radius 2 is 0.769 bits per heavy atom. The van der Waals surface area contributed by atoms with E-state index in [1.807, 2.05) is 0 Å². The van der Waals surface area contributed by atoms with E-state index in [1.165, 1.54) is 218 Å². The van der Waals surface area contributed by atoms with Gasteiger partial charge in [0.15, 0.2) is 0 Å². The van der Waals surface area contributed by atoms with Crippen LogP contribution >= 0.6 is 0 Å². The van der Waals surface area contributed by atoms with Crippen molar-refractivity contribution in [2.45, 2.75) is 334 Å². The number of carbonyl (C=O) groups is 2. The quantitative estimate of drug-likeness (QED) is 0.0321. The van der Waals surface area contributed by atoms with E-state index in [2.05, 4.69) is 50.4 Å². The van der Waals surface area contributed by atoms with Crippen molar-refractivity contribution in [3.63, 3.8) is 0 Å². The van der Waals surface area contributed by atoms with Crippen LogP contribution in [-0.2, 0) is 14.3 Å². The average Bonchev–Trinajstić information content (AvgIpc) is 3.30. The number of nitrogens with one attached hydrogen (secondary N) is 1. The van der Waals surface area contributed by atoms with Crippen molar-refractivity contribution in [3.05, 3.63) is 24.3 Å². The minimum atomic E-state index is -0.786. The van der Waals surface area contributed by atoms with Crippen LogP contribution in [0.3, 0.4) is 0 Å². The molecule has 3 unspecified atom stereocenters. The van der Waals surface area contributed by atoms with Gasteiger partial charge < -0.3 is 20.3 Å². The van der Waals surface area contributed by atoms with Gasteiger partial charge in [-0.1, -0.05) is 276 Å². The smallest absolute Gasteiger partial charge is 0.306 e. The molecule has 0 aromatic heterocycles. The maximum atomic E-state index is 13.3. The molecule has 3 N–H and O–H groups in total. The molecular formula is C59H113NO5. The van der Waals surface area contributed by atoms with Crippen molar-refractivity contribution in [3.8, 4) is 0 Å². The second kappa shape index (κ2) is 53.3. The number of hydrogen-bond donors (Lipinski definition) is 3. The Bertz CT molecular complexity index is 1030. The van der Waals surface area contributed by atoms with Crippen LogP contribution in [-0.4, -0.2) is 46.9 Å². The van der Waals surface area contributed by atoms with Crippen LogP contribution in [0, 0.1) is 0 Å². The standard InChI is InChI=1S/C59H113NO5/c1-4-7-10-13-16-19-22-25-28-29-31-33-36-39-42-45-48-51-57(62)56(54-61)60-58(63)53-55(50-47-44-41-38-35-32-27-24-21-18-15-12-9-6-3)65-59(64)52-49-46-43-40-37-34-30-26-23-20-17-14-11-8-5-2/h17,20,23,26,55-57,61-62H,4-16,18-19,21-22,24-25,27-54H2,1-3H3,(H,60,63)/b20-17+,26-23+. The molecular weight excluding hydrogens is 803 g/mol. The number of carbonyl (C=O) groups excluding carboxylic acids is 2. The highest BCUT2D eigenvalue weighted by atomic mass is 16.5. The SMILES string of the molecule is CCCCC/C=C/C=C/CCCCCCCCC(=O)OC(CCCCCCCCCCCCCCCC)CC(=O)NC(CO)C(O)CCCCCCCCCCCCCCCCCCC. The summed E-state index contributed by atoms with van der Waals surface area (Å²) < 4.78 is 5.96. The van der Waals surface area contributed by atoms with Crippen LogP contribution < -0.4 is 5.32 Å². The highest BCUT2D eigenvalue weighted by Gasteiger charge is 2.24. The summed E-state index contributed by atoms with van der Waals surface area (Å²) in [6.07, 6.45) is 62.4. The van der Waals surface area contributed by atoms with E-state index >= 15 is 0 Å². The second-order valence-electron chi connectivity index (χ2n) is 20.1. The molecule has 0 spiro atoms. The van der Waals surface area contributed by atoms with Gasteiger partial charge >= 0.3 is 5.97 Å². The lowest BCUT2D eigenvalue weighted by atomic mass is 10.0. The fourth-order valence-electron chi connectivity index (χ4n) is 9.13.